The third kappa shape index (κ3) is 3.78. The van der Waals surface area contributed by atoms with Gasteiger partial charge >= 0.3 is 0 Å². The fourth-order valence-electron chi connectivity index (χ4n) is 2.72. The summed E-state index contributed by atoms with van der Waals surface area (Å²) in [4.78, 5) is 2.49. The number of nitrogens with zero attached hydrogens (tertiary/aromatic N) is 1. The van der Waals surface area contributed by atoms with E-state index in [2.05, 4.69) is 39.8 Å². The summed E-state index contributed by atoms with van der Waals surface area (Å²) in [5.74, 6) is 0.854. The molecule has 0 aromatic heterocycles. The van der Waals surface area contributed by atoms with Crippen LogP contribution in [0, 0.1) is 0 Å². The van der Waals surface area contributed by atoms with E-state index >= 15 is 0 Å². The molecule has 0 bridgehead atoms. The summed E-state index contributed by atoms with van der Waals surface area (Å²) in [5, 5.41) is 6.79. The van der Waals surface area contributed by atoms with Crippen molar-refractivity contribution in [1.82, 2.24) is 10.2 Å². The van der Waals surface area contributed by atoms with Gasteiger partial charge in [-0.25, -0.2) is 0 Å². The average molecular weight is 297 g/mol. The molecule has 0 spiro atoms. The van der Waals surface area contributed by atoms with E-state index in [9.17, 15) is 0 Å². The van der Waals surface area contributed by atoms with E-state index in [1.807, 2.05) is 24.3 Å². The number of hydrogen-bond acceptors (Lipinski definition) is 4. The second-order valence-corrected chi connectivity index (χ2v) is 5.55. The number of methoxy groups -OCH3 is 1. The van der Waals surface area contributed by atoms with Crippen LogP contribution in [0.4, 0.5) is 11.4 Å². The van der Waals surface area contributed by atoms with Gasteiger partial charge in [-0.3, -0.25) is 4.90 Å². The number of nitrogens with one attached hydrogen (secondary N) is 2. The molecular weight excluding hydrogens is 274 g/mol. The topological polar surface area (TPSA) is 36.5 Å². The minimum Gasteiger partial charge on any atom is -0.495 e. The van der Waals surface area contributed by atoms with Gasteiger partial charge in [0.2, 0.25) is 0 Å². The van der Waals surface area contributed by atoms with Crippen LogP contribution in [0.2, 0.25) is 0 Å². The highest BCUT2D eigenvalue weighted by Gasteiger charge is 2.09. The lowest BCUT2D eigenvalue weighted by molar-refractivity contribution is 0.233. The Morgan fingerprint density at radius 3 is 2.50 bits per heavy atom. The van der Waals surface area contributed by atoms with Gasteiger partial charge in [0.1, 0.15) is 5.75 Å². The highest BCUT2D eigenvalue weighted by Crippen LogP contribution is 2.27. The maximum absolute atomic E-state index is 5.37. The van der Waals surface area contributed by atoms with E-state index in [0.29, 0.717) is 0 Å². The molecule has 2 aromatic carbocycles. The molecule has 4 nitrogen and oxygen atoms in total. The molecule has 2 N–H and O–H groups in total. The molecule has 0 saturated carbocycles. The highest BCUT2D eigenvalue weighted by molar-refractivity contribution is 5.66. The van der Waals surface area contributed by atoms with Gasteiger partial charge in [-0.2, -0.15) is 0 Å². The number of ether oxygens (including phenoxy) is 1. The fraction of sp³-hybridized carbons (Fsp3) is 0.333. The molecule has 1 saturated heterocycles. The molecule has 0 unspecified atom stereocenters. The van der Waals surface area contributed by atoms with Gasteiger partial charge in [0.25, 0.3) is 0 Å². The van der Waals surface area contributed by atoms with Crippen LogP contribution in [0.15, 0.2) is 48.5 Å². The highest BCUT2D eigenvalue weighted by atomic mass is 16.5. The van der Waals surface area contributed by atoms with Crippen molar-refractivity contribution in [1.29, 1.82) is 0 Å². The zero-order valence-corrected chi connectivity index (χ0v) is 13.0. The Hall–Kier alpha value is -2.04. The Balaban J connectivity index is 1.63. The lowest BCUT2D eigenvalue weighted by Crippen LogP contribution is -2.42. The quantitative estimate of drug-likeness (QED) is 0.890. The van der Waals surface area contributed by atoms with Crippen molar-refractivity contribution in [3.63, 3.8) is 0 Å². The molecule has 1 aliphatic heterocycles. The molecule has 1 fully saturated rings. The van der Waals surface area contributed by atoms with Gasteiger partial charge < -0.3 is 15.4 Å². The third-order valence-electron chi connectivity index (χ3n) is 3.96. The maximum Gasteiger partial charge on any atom is 0.142 e. The van der Waals surface area contributed by atoms with Crippen molar-refractivity contribution >= 4 is 11.4 Å². The summed E-state index contributed by atoms with van der Waals surface area (Å²) < 4.78 is 5.37. The van der Waals surface area contributed by atoms with Crippen molar-refractivity contribution in [2.75, 3.05) is 38.6 Å². The van der Waals surface area contributed by atoms with Gasteiger partial charge in [-0.05, 0) is 29.8 Å². The zero-order valence-electron chi connectivity index (χ0n) is 13.0. The first-order valence-electron chi connectivity index (χ1n) is 7.77. The summed E-state index contributed by atoms with van der Waals surface area (Å²) in [6.45, 7) is 5.46. The number of benzene rings is 2. The van der Waals surface area contributed by atoms with E-state index in [0.717, 1.165) is 49.8 Å². The van der Waals surface area contributed by atoms with Crippen LogP contribution in [0.3, 0.4) is 0 Å². The number of anilines is 2. The van der Waals surface area contributed by atoms with Crippen molar-refractivity contribution in [3.05, 3.63) is 54.1 Å². The number of piperazine rings is 1. The molecule has 116 valence electrons. The smallest absolute Gasteiger partial charge is 0.142 e. The SMILES string of the molecule is COc1ccccc1Nc1ccc(CN2CCNCC2)cc1. The lowest BCUT2D eigenvalue weighted by Gasteiger charge is -2.27. The average Bonchev–Trinajstić information content (AvgIpc) is 2.58. The summed E-state index contributed by atoms with van der Waals surface area (Å²) in [7, 11) is 1.69. The van der Waals surface area contributed by atoms with Gasteiger partial charge in [0.05, 0.1) is 12.8 Å². The van der Waals surface area contributed by atoms with Crippen LogP contribution in [0.5, 0.6) is 5.75 Å². The molecule has 4 heteroatoms. The Kier molecular flexibility index (Phi) is 4.93. The largest absolute Gasteiger partial charge is 0.495 e. The Morgan fingerprint density at radius 1 is 1.05 bits per heavy atom. The number of para-hydroxylation sites is 2. The van der Waals surface area contributed by atoms with E-state index in [4.69, 9.17) is 4.74 Å². The molecule has 0 amide bonds. The minimum absolute atomic E-state index is 0.854. The maximum atomic E-state index is 5.37. The molecule has 0 radical (unpaired) electrons. The van der Waals surface area contributed by atoms with Crippen LogP contribution in [0.1, 0.15) is 5.56 Å². The van der Waals surface area contributed by atoms with E-state index in [1.165, 1.54) is 5.56 Å². The molecular formula is C18H23N3O. The molecule has 22 heavy (non-hydrogen) atoms. The van der Waals surface area contributed by atoms with Gasteiger partial charge in [-0.15, -0.1) is 0 Å². The number of rotatable bonds is 5. The van der Waals surface area contributed by atoms with Crippen LogP contribution < -0.4 is 15.4 Å². The molecule has 2 aromatic rings. The van der Waals surface area contributed by atoms with E-state index in [-0.39, 0.29) is 0 Å². The summed E-state index contributed by atoms with van der Waals surface area (Å²) in [6, 6.07) is 16.6. The summed E-state index contributed by atoms with van der Waals surface area (Å²) >= 11 is 0. The van der Waals surface area contributed by atoms with Crippen LogP contribution in [0.25, 0.3) is 0 Å². The molecule has 0 atom stereocenters. The first-order valence-corrected chi connectivity index (χ1v) is 7.77. The van der Waals surface area contributed by atoms with Crippen LogP contribution in [-0.4, -0.2) is 38.2 Å². The Bertz CT molecular complexity index is 592. The predicted octanol–water partition coefficient (Wildman–Crippen LogP) is 2.84. The standard InChI is InChI=1S/C18H23N3O/c1-22-18-5-3-2-4-17(18)20-16-8-6-15(7-9-16)14-21-12-10-19-11-13-21/h2-9,19-20H,10-14H2,1H3. The molecule has 1 heterocycles. The zero-order chi connectivity index (χ0) is 15.2. The van der Waals surface area contributed by atoms with Gasteiger partial charge in [0, 0.05) is 38.4 Å². The second kappa shape index (κ2) is 7.29. The normalized spacial score (nSPS) is 15.5. The molecule has 1 aliphatic rings. The van der Waals surface area contributed by atoms with Crippen molar-refractivity contribution < 1.29 is 4.74 Å². The summed E-state index contributed by atoms with van der Waals surface area (Å²) in [5.41, 5.74) is 3.42. The fourth-order valence-corrected chi connectivity index (χ4v) is 2.72. The Labute approximate surface area is 132 Å². The van der Waals surface area contributed by atoms with Crippen molar-refractivity contribution in [2.45, 2.75) is 6.54 Å². The van der Waals surface area contributed by atoms with Crippen LogP contribution >= 0.6 is 0 Å². The van der Waals surface area contributed by atoms with E-state index < -0.39 is 0 Å². The first kappa shape index (κ1) is 14.9. The van der Waals surface area contributed by atoms with Gasteiger partial charge in [-0.1, -0.05) is 24.3 Å². The second-order valence-electron chi connectivity index (χ2n) is 5.55. The minimum atomic E-state index is 0.854. The third-order valence-corrected chi connectivity index (χ3v) is 3.96. The van der Waals surface area contributed by atoms with Gasteiger partial charge in [0.15, 0.2) is 0 Å². The van der Waals surface area contributed by atoms with E-state index in [1.54, 1.807) is 7.11 Å². The van der Waals surface area contributed by atoms with Crippen molar-refractivity contribution in [3.8, 4) is 5.75 Å². The van der Waals surface area contributed by atoms with Crippen LogP contribution in [-0.2, 0) is 6.54 Å². The lowest BCUT2D eigenvalue weighted by atomic mass is 10.1. The van der Waals surface area contributed by atoms with Crippen molar-refractivity contribution in [2.24, 2.45) is 0 Å². The summed E-state index contributed by atoms with van der Waals surface area (Å²) in [6.07, 6.45) is 0. The number of hydrogen-bond donors (Lipinski definition) is 2. The predicted molar refractivity (Wildman–Crippen MR) is 90.9 cm³/mol. The molecule has 0 aliphatic carbocycles. The Morgan fingerprint density at radius 2 is 1.77 bits per heavy atom. The molecule has 3 rings (SSSR count). The first-order chi connectivity index (χ1) is 10.8. The monoisotopic (exact) mass is 297 g/mol.